The van der Waals surface area contributed by atoms with Gasteiger partial charge in [-0.2, -0.15) is 5.10 Å². The molecule has 0 radical (unpaired) electrons. The lowest BCUT2D eigenvalue weighted by molar-refractivity contribution is 0.102. The predicted molar refractivity (Wildman–Crippen MR) is 136 cm³/mol. The number of carbonyl (C=O) groups is 1. The minimum atomic E-state index is -0.525. The van der Waals surface area contributed by atoms with Crippen molar-refractivity contribution in [2.45, 2.75) is 33.0 Å². The molecule has 182 valence electrons. The van der Waals surface area contributed by atoms with Crippen LogP contribution in [0.4, 0.5) is 14.6 Å². The molecule has 5 aromatic rings. The molecule has 0 bridgehead atoms. The second-order valence-electron chi connectivity index (χ2n) is 9.58. The molecule has 36 heavy (non-hydrogen) atoms. The Kier molecular flexibility index (Phi) is 5.88. The van der Waals surface area contributed by atoms with Crippen LogP contribution in [0.3, 0.4) is 0 Å². The summed E-state index contributed by atoms with van der Waals surface area (Å²) in [6, 6.07) is 20.4. The number of alkyl halides is 1. The second kappa shape index (κ2) is 9.03. The van der Waals surface area contributed by atoms with Crippen LogP contribution >= 0.6 is 0 Å². The van der Waals surface area contributed by atoms with E-state index in [1.165, 1.54) is 12.1 Å². The summed E-state index contributed by atoms with van der Waals surface area (Å²) in [6.07, 6.45) is 1.61. The lowest BCUT2D eigenvalue weighted by Gasteiger charge is -2.22. The fourth-order valence-corrected chi connectivity index (χ4v) is 4.06. The molecule has 1 amide bonds. The average molecular weight is 486 g/mol. The molecule has 3 aromatic carbocycles. The summed E-state index contributed by atoms with van der Waals surface area (Å²) in [5.41, 5.74) is 4.16. The van der Waals surface area contributed by atoms with E-state index in [2.05, 4.69) is 10.3 Å². The fourth-order valence-electron chi connectivity index (χ4n) is 4.06. The normalized spacial score (nSPS) is 11.7. The number of nitrogens with one attached hydrogen (secondary N) is 1. The number of anilines is 1. The first kappa shape index (κ1) is 23.4. The summed E-state index contributed by atoms with van der Waals surface area (Å²) >= 11 is 0. The van der Waals surface area contributed by atoms with Crippen molar-refractivity contribution in [3.05, 3.63) is 96.1 Å². The van der Waals surface area contributed by atoms with Crippen molar-refractivity contribution in [2.24, 2.45) is 0 Å². The highest BCUT2D eigenvalue weighted by atomic mass is 19.1. The predicted octanol–water partition coefficient (Wildman–Crippen LogP) is 6.50. The Bertz CT molecular complexity index is 1560. The van der Waals surface area contributed by atoms with Crippen LogP contribution in [0, 0.1) is 5.82 Å². The summed E-state index contributed by atoms with van der Waals surface area (Å²) in [5, 5.41) is 7.68. The molecule has 8 heteroatoms. The van der Waals surface area contributed by atoms with Gasteiger partial charge in [0.05, 0.1) is 28.0 Å². The lowest BCUT2D eigenvalue weighted by atomic mass is 10.1. The van der Waals surface area contributed by atoms with Crippen molar-refractivity contribution < 1.29 is 13.6 Å². The number of amides is 1. The molecule has 0 spiro atoms. The van der Waals surface area contributed by atoms with Crippen LogP contribution in [0.25, 0.3) is 28.0 Å². The van der Waals surface area contributed by atoms with Crippen LogP contribution in [0.2, 0.25) is 0 Å². The van der Waals surface area contributed by atoms with Crippen LogP contribution < -0.4 is 5.32 Å². The van der Waals surface area contributed by atoms with Crippen molar-refractivity contribution in [3.63, 3.8) is 0 Å². The Labute approximate surface area is 207 Å². The standard InChI is InChI=1S/C28H25F2N5O/c1-28(2,3)35-26(15-23(33-35)19-9-7-18(16-29)8-10-19)32-27(36)20-11-12-25-24(13-20)31-17-34(25)22-6-4-5-21(30)14-22/h4-15,17H,16H2,1-3H3,(H,32,36). The van der Waals surface area contributed by atoms with E-state index >= 15 is 0 Å². The van der Waals surface area contributed by atoms with E-state index in [9.17, 15) is 13.6 Å². The topological polar surface area (TPSA) is 64.7 Å². The van der Waals surface area contributed by atoms with E-state index in [1.54, 1.807) is 58.0 Å². The third kappa shape index (κ3) is 4.49. The molecule has 0 aliphatic rings. The zero-order valence-electron chi connectivity index (χ0n) is 20.2. The van der Waals surface area contributed by atoms with Gasteiger partial charge in [-0.1, -0.05) is 30.3 Å². The molecule has 0 fully saturated rings. The maximum absolute atomic E-state index is 13.7. The zero-order chi connectivity index (χ0) is 25.4. The Hall–Kier alpha value is -4.33. The number of hydrogen-bond donors (Lipinski definition) is 1. The third-order valence-corrected chi connectivity index (χ3v) is 5.89. The van der Waals surface area contributed by atoms with Gasteiger partial charge in [0.25, 0.3) is 5.91 Å². The summed E-state index contributed by atoms with van der Waals surface area (Å²) in [5.74, 6) is -0.0945. The van der Waals surface area contributed by atoms with Gasteiger partial charge in [0.15, 0.2) is 0 Å². The van der Waals surface area contributed by atoms with Crippen molar-refractivity contribution in [1.29, 1.82) is 0 Å². The molecule has 1 N–H and O–H groups in total. The van der Waals surface area contributed by atoms with Gasteiger partial charge in [-0.15, -0.1) is 0 Å². The highest BCUT2D eigenvalue weighted by Crippen LogP contribution is 2.28. The van der Waals surface area contributed by atoms with E-state index in [1.807, 2.05) is 39.0 Å². The molecular weight excluding hydrogens is 460 g/mol. The molecular formula is C28H25F2N5O. The van der Waals surface area contributed by atoms with E-state index in [4.69, 9.17) is 5.10 Å². The van der Waals surface area contributed by atoms with Crippen LogP contribution in [0.1, 0.15) is 36.7 Å². The number of halogens is 2. The minimum absolute atomic E-state index is 0.304. The van der Waals surface area contributed by atoms with E-state index < -0.39 is 12.2 Å². The first-order chi connectivity index (χ1) is 17.2. The molecule has 0 unspecified atom stereocenters. The monoisotopic (exact) mass is 485 g/mol. The van der Waals surface area contributed by atoms with Crippen molar-refractivity contribution in [2.75, 3.05) is 5.32 Å². The van der Waals surface area contributed by atoms with Gasteiger partial charge in [0.2, 0.25) is 0 Å². The largest absolute Gasteiger partial charge is 0.307 e. The van der Waals surface area contributed by atoms with Crippen molar-refractivity contribution in [3.8, 4) is 16.9 Å². The highest BCUT2D eigenvalue weighted by Gasteiger charge is 2.22. The number of hydrogen-bond acceptors (Lipinski definition) is 3. The van der Waals surface area contributed by atoms with Crippen LogP contribution in [0.5, 0.6) is 0 Å². The van der Waals surface area contributed by atoms with E-state index in [-0.39, 0.29) is 11.7 Å². The SMILES string of the molecule is CC(C)(C)n1nc(-c2ccc(CF)cc2)cc1NC(=O)c1ccc2c(c1)ncn2-c1cccc(F)c1. The number of benzene rings is 3. The molecule has 5 rings (SSSR count). The Balaban J connectivity index is 1.45. The van der Waals surface area contributed by atoms with Crippen molar-refractivity contribution >= 4 is 22.8 Å². The number of imidazole rings is 1. The van der Waals surface area contributed by atoms with Gasteiger partial charge >= 0.3 is 0 Å². The molecule has 0 aliphatic heterocycles. The third-order valence-electron chi connectivity index (χ3n) is 5.89. The van der Waals surface area contributed by atoms with Gasteiger partial charge in [-0.05, 0) is 62.7 Å². The Morgan fingerprint density at radius 1 is 1.00 bits per heavy atom. The van der Waals surface area contributed by atoms with Crippen molar-refractivity contribution in [1.82, 2.24) is 19.3 Å². The summed E-state index contributed by atoms with van der Waals surface area (Å²) in [4.78, 5) is 17.6. The van der Waals surface area contributed by atoms with Gasteiger partial charge in [0, 0.05) is 17.2 Å². The first-order valence-electron chi connectivity index (χ1n) is 11.5. The van der Waals surface area contributed by atoms with Gasteiger partial charge in [-0.25, -0.2) is 18.4 Å². The maximum atomic E-state index is 13.7. The van der Waals surface area contributed by atoms with Gasteiger partial charge in [0.1, 0.15) is 24.6 Å². The summed E-state index contributed by atoms with van der Waals surface area (Å²) in [6.45, 7) is 5.47. The number of nitrogens with zero attached hydrogens (tertiary/aromatic N) is 4. The summed E-state index contributed by atoms with van der Waals surface area (Å²) in [7, 11) is 0. The lowest BCUT2D eigenvalue weighted by Crippen LogP contribution is -2.26. The first-order valence-corrected chi connectivity index (χ1v) is 11.5. The highest BCUT2D eigenvalue weighted by molar-refractivity contribution is 6.05. The quantitative estimate of drug-likeness (QED) is 0.309. The average Bonchev–Trinajstić information content (AvgIpc) is 3.48. The molecule has 0 atom stereocenters. The molecule has 2 heterocycles. The smallest absolute Gasteiger partial charge is 0.256 e. The second-order valence-corrected chi connectivity index (χ2v) is 9.58. The van der Waals surface area contributed by atoms with Crippen LogP contribution in [0.15, 0.2) is 79.1 Å². The molecule has 0 saturated heterocycles. The number of rotatable bonds is 5. The van der Waals surface area contributed by atoms with Gasteiger partial charge in [-0.3, -0.25) is 9.36 Å². The molecule has 6 nitrogen and oxygen atoms in total. The maximum Gasteiger partial charge on any atom is 0.256 e. The molecule has 0 aliphatic carbocycles. The number of fused-ring (bicyclic) bond motifs is 1. The molecule has 2 aromatic heterocycles. The zero-order valence-corrected chi connectivity index (χ0v) is 20.2. The van der Waals surface area contributed by atoms with E-state index in [0.29, 0.717) is 33.8 Å². The molecule has 0 saturated carbocycles. The number of carbonyl (C=O) groups excluding carboxylic acids is 1. The summed E-state index contributed by atoms with van der Waals surface area (Å²) < 4.78 is 30.1. The number of aromatic nitrogens is 4. The van der Waals surface area contributed by atoms with Crippen LogP contribution in [-0.2, 0) is 12.2 Å². The fraction of sp³-hybridized carbons (Fsp3) is 0.179. The Morgan fingerprint density at radius 3 is 2.47 bits per heavy atom. The minimum Gasteiger partial charge on any atom is -0.307 e. The Morgan fingerprint density at radius 2 is 1.78 bits per heavy atom. The van der Waals surface area contributed by atoms with Crippen LogP contribution in [-0.4, -0.2) is 25.2 Å². The van der Waals surface area contributed by atoms with E-state index in [0.717, 1.165) is 11.1 Å². The van der Waals surface area contributed by atoms with Gasteiger partial charge < -0.3 is 5.32 Å².